The van der Waals surface area contributed by atoms with Gasteiger partial charge in [-0.2, -0.15) is 0 Å². The van der Waals surface area contributed by atoms with Crippen molar-refractivity contribution in [1.29, 1.82) is 0 Å². The van der Waals surface area contributed by atoms with Crippen molar-refractivity contribution in [3.8, 4) is 40.2 Å². The fraction of sp³-hybridized carbons (Fsp3) is 0.314. The molecular formula is C35H36N2O6. The molecule has 8 nitrogen and oxygen atoms in total. The highest BCUT2D eigenvalue weighted by atomic mass is 16.5. The van der Waals surface area contributed by atoms with Gasteiger partial charge >= 0.3 is 0 Å². The number of rotatable bonds is 6. The van der Waals surface area contributed by atoms with Crippen molar-refractivity contribution in [2.24, 2.45) is 0 Å². The molecule has 4 N–H and O–H groups in total. The molecule has 0 amide bonds. The zero-order valence-corrected chi connectivity index (χ0v) is 24.6. The van der Waals surface area contributed by atoms with E-state index in [1.165, 1.54) is 11.1 Å². The van der Waals surface area contributed by atoms with Crippen molar-refractivity contribution >= 4 is 0 Å². The van der Waals surface area contributed by atoms with Crippen LogP contribution in [0, 0.1) is 0 Å². The molecule has 0 spiro atoms. The fourth-order valence-corrected chi connectivity index (χ4v) is 7.17. The summed E-state index contributed by atoms with van der Waals surface area (Å²) >= 11 is 0. The van der Waals surface area contributed by atoms with E-state index in [0.29, 0.717) is 30.1 Å². The molecule has 3 aliphatic rings. The van der Waals surface area contributed by atoms with Gasteiger partial charge in [-0.1, -0.05) is 18.2 Å². The van der Waals surface area contributed by atoms with Crippen LogP contribution >= 0.6 is 0 Å². The van der Waals surface area contributed by atoms with E-state index in [2.05, 4.69) is 29.4 Å². The SMILES string of the molecule is COc1cc2c(c(Oc3ccc4c(c3)[C@H](Cc3ccc(O)cc3)NCC4)c1OC)C[C@@H]1c3cc(O)c(O)cc3C[C@H]2N1C. The van der Waals surface area contributed by atoms with Crippen LogP contribution in [0.3, 0.4) is 0 Å². The van der Waals surface area contributed by atoms with E-state index in [-0.39, 0.29) is 35.4 Å². The lowest BCUT2D eigenvalue weighted by atomic mass is 9.76. The molecule has 0 fully saturated rings. The van der Waals surface area contributed by atoms with Crippen molar-refractivity contribution in [1.82, 2.24) is 10.2 Å². The minimum absolute atomic E-state index is 0.00405. The number of nitrogens with zero attached hydrogens (tertiary/aromatic N) is 1. The summed E-state index contributed by atoms with van der Waals surface area (Å²) in [5.41, 5.74) is 7.85. The topological polar surface area (TPSA) is 104 Å². The van der Waals surface area contributed by atoms with E-state index in [4.69, 9.17) is 14.2 Å². The summed E-state index contributed by atoms with van der Waals surface area (Å²) in [4.78, 5) is 2.33. The monoisotopic (exact) mass is 580 g/mol. The van der Waals surface area contributed by atoms with Gasteiger partial charge in [-0.15, -0.1) is 0 Å². The number of aromatic hydroxyl groups is 3. The average molecular weight is 581 g/mol. The van der Waals surface area contributed by atoms with Gasteiger partial charge in [-0.3, -0.25) is 4.90 Å². The minimum Gasteiger partial charge on any atom is -0.508 e. The third-order valence-corrected chi connectivity index (χ3v) is 9.39. The minimum atomic E-state index is -0.107. The third-order valence-electron chi connectivity index (χ3n) is 9.39. The van der Waals surface area contributed by atoms with Gasteiger partial charge in [-0.25, -0.2) is 0 Å². The number of likely N-dealkylation sites (N-methyl/N-ethyl adjacent to an activating group) is 1. The van der Waals surface area contributed by atoms with E-state index < -0.39 is 0 Å². The van der Waals surface area contributed by atoms with Crippen molar-refractivity contribution in [2.45, 2.75) is 43.8 Å². The maximum absolute atomic E-state index is 10.3. The molecule has 2 bridgehead atoms. The lowest BCUT2D eigenvalue weighted by molar-refractivity contribution is 0.135. The molecule has 0 aliphatic carbocycles. The lowest BCUT2D eigenvalue weighted by Crippen LogP contribution is -2.40. The number of phenolic OH excluding ortho intramolecular Hbond substituents is 3. The lowest BCUT2D eigenvalue weighted by Gasteiger charge is -2.46. The summed E-state index contributed by atoms with van der Waals surface area (Å²) in [5.74, 6) is 2.58. The van der Waals surface area contributed by atoms with Gasteiger partial charge < -0.3 is 34.8 Å². The Balaban J connectivity index is 1.28. The quantitative estimate of drug-likeness (QED) is 0.210. The molecule has 4 aromatic carbocycles. The summed E-state index contributed by atoms with van der Waals surface area (Å²) in [6.45, 7) is 0.901. The highest BCUT2D eigenvalue weighted by Gasteiger charge is 2.41. The fourth-order valence-electron chi connectivity index (χ4n) is 7.17. The van der Waals surface area contributed by atoms with Crippen molar-refractivity contribution in [2.75, 3.05) is 27.8 Å². The van der Waals surface area contributed by atoms with Gasteiger partial charge in [0, 0.05) is 23.7 Å². The molecular weight excluding hydrogens is 544 g/mol. The van der Waals surface area contributed by atoms with Gasteiger partial charge in [-0.05, 0) is 115 Å². The molecule has 0 unspecified atom stereocenters. The molecule has 0 saturated heterocycles. The molecule has 3 aliphatic heterocycles. The summed E-state index contributed by atoms with van der Waals surface area (Å²) < 4.78 is 18.5. The number of methoxy groups -OCH3 is 2. The smallest absolute Gasteiger partial charge is 0.204 e. The van der Waals surface area contributed by atoms with E-state index in [0.717, 1.165) is 53.0 Å². The normalized spacial score (nSPS) is 20.5. The first-order valence-electron chi connectivity index (χ1n) is 14.7. The van der Waals surface area contributed by atoms with Crippen LogP contribution < -0.4 is 19.5 Å². The molecule has 43 heavy (non-hydrogen) atoms. The van der Waals surface area contributed by atoms with Gasteiger partial charge in [0.2, 0.25) is 5.75 Å². The third kappa shape index (κ3) is 4.71. The Hall–Kier alpha value is -4.40. The predicted octanol–water partition coefficient (Wildman–Crippen LogP) is 5.87. The molecule has 0 radical (unpaired) electrons. The van der Waals surface area contributed by atoms with Crippen LogP contribution in [0.25, 0.3) is 0 Å². The van der Waals surface area contributed by atoms with Gasteiger partial charge in [0.15, 0.2) is 23.0 Å². The number of fused-ring (bicyclic) bond motifs is 7. The van der Waals surface area contributed by atoms with Gasteiger partial charge in [0.25, 0.3) is 0 Å². The summed E-state index contributed by atoms with van der Waals surface area (Å²) in [6, 6.07) is 19.3. The number of hydrogen-bond acceptors (Lipinski definition) is 8. The maximum atomic E-state index is 10.3. The standard InChI is InChI=1S/C35H36N2O6/c1-37-29-13-21-14-31(39)32(40)17-25(21)30(37)16-27-26(29)18-33(41-2)35(42-3)34(27)43-23-9-6-20-10-11-36-28(24(20)15-23)12-19-4-7-22(38)8-5-19/h4-9,14-15,17-18,28-30,36,38-40H,10-13,16H2,1-3H3/t28-,29+,30+/m0/s1. The van der Waals surface area contributed by atoms with Crippen LogP contribution in [0.4, 0.5) is 0 Å². The van der Waals surface area contributed by atoms with Gasteiger partial charge in [0.1, 0.15) is 11.5 Å². The van der Waals surface area contributed by atoms with Crippen LogP contribution in [0.2, 0.25) is 0 Å². The Kier molecular flexibility index (Phi) is 6.83. The van der Waals surface area contributed by atoms with E-state index >= 15 is 0 Å². The number of ether oxygens (including phenoxy) is 3. The van der Waals surface area contributed by atoms with Crippen LogP contribution in [0.5, 0.6) is 40.2 Å². The molecule has 0 aromatic heterocycles. The molecule has 8 heteroatoms. The number of benzene rings is 4. The van der Waals surface area contributed by atoms with E-state index in [1.807, 2.05) is 24.3 Å². The molecule has 0 saturated carbocycles. The first kappa shape index (κ1) is 27.4. The Morgan fingerprint density at radius 3 is 2.33 bits per heavy atom. The van der Waals surface area contributed by atoms with Crippen molar-refractivity contribution in [3.63, 3.8) is 0 Å². The average Bonchev–Trinajstić information content (AvgIpc) is 3.00. The zero-order valence-electron chi connectivity index (χ0n) is 24.6. The molecule has 4 aromatic rings. The summed E-state index contributed by atoms with van der Waals surface area (Å²) in [7, 11) is 5.37. The summed E-state index contributed by atoms with van der Waals surface area (Å²) in [5, 5.41) is 33.9. The van der Waals surface area contributed by atoms with Crippen LogP contribution in [-0.4, -0.2) is 48.0 Å². The van der Waals surface area contributed by atoms with Crippen LogP contribution in [0.15, 0.2) is 60.7 Å². The summed E-state index contributed by atoms with van der Waals surface area (Å²) in [6.07, 6.45) is 3.07. The Morgan fingerprint density at radius 2 is 1.56 bits per heavy atom. The highest BCUT2D eigenvalue weighted by molar-refractivity contribution is 5.64. The highest BCUT2D eigenvalue weighted by Crippen LogP contribution is 2.55. The molecule has 3 atom stereocenters. The van der Waals surface area contributed by atoms with E-state index in [9.17, 15) is 15.3 Å². The Morgan fingerprint density at radius 1 is 0.791 bits per heavy atom. The second kappa shape index (κ2) is 10.7. The second-order valence-electron chi connectivity index (χ2n) is 11.7. The van der Waals surface area contributed by atoms with E-state index in [1.54, 1.807) is 38.5 Å². The molecule has 7 rings (SSSR count). The number of nitrogens with one attached hydrogen (secondary N) is 1. The molecule has 3 heterocycles. The largest absolute Gasteiger partial charge is 0.508 e. The van der Waals surface area contributed by atoms with Crippen molar-refractivity contribution in [3.05, 3.63) is 99.6 Å². The zero-order chi connectivity index (χ0) is 29.8. The maximum Gasteiger partial charge on any atom is 0.204 e. The van der Waals surface area contributed by atoms with Gasteiger partial charge in [0.05, 0.1) is 14.2 Å². The predicted molar refractivity (Wildman–Crippen MR) is 163 cm³/mol. The number of hydrogen-bond donors (Lipinski definition) is 4. The second-order valence-corrected chi connectivity index (χ2v) is 11.7. The Labute approximate surface area is 251 Å². The molecule has 222 valence electrons. The Bertz CT molecular complexity index is 1700. The van der Waals surface area contributed by atoms with Crippen LogP contribution in [0.1, 0.15) is 57.1 Å². The van der Waals surface area contributed by atoms with Crippen LogP contribution in [-0.2, 0) is 25.7 Å². The first-order chi connectivity index (χ1) is 20.8. The number of phenols is 3. The first-order valence-corrected chi connectivity index (χ1v) is 14.7. The van der Waals surface area contributed by atoms with Crippen molar-refractivity contribution < 1.29 is 29.5 Å².